The van der Waals surface area contributed by atoms with Gasteiger partial charge in [0, 0.05) is 5.69 Å². The molecule has 0 aliphatic rings. The largest absolute Gasteiger partial charge is 0.480 e. The zero-order valence-electron chi connectivity index (χ0n) is 6.96. The molecule has 2 N–H and O–H groups in total. The predicted octanol–water partition coefficient (Wildman–Crippen LogP) is 1.65. The van der Waals surface area contributed by atoms with Crippen LogP contribution in [0.1, 0.15) is 5.56 Å². The van der Waals surface area contributed by atoms with E-state index in [0.717, 1.165) is 0 Å². The fourth-order valence-electron chi connectivity index (χ4n) is 0.889. The molecule has 0 saturated heterocycles. The van der Waals surface area contributed by atoms with Crippen LogP contribution in [0.3, 0.4) is 0 Å². The fraction of sp³-hybridized carbons (Fsp3) is 0.222. The van der Waals surface area contributed by atoms with E-state index in [1.54, 1.807) is 24.3 Å². The third-order valence-corrected chi connectivity index (χ3v) is 1.55. The maximum absolute atomic E-state index is 12.1. The minimum atomic E-state index is -0.922. The van der Waals surface area contributed by atoms with Crippen LogP contribution in [0, 0.1) is 0 Å². The summed E-state index contributed by atoms with van der Waals surface area (Å²) in [5.41, 5.74) is 1.26. The van der Waals surface area contributed by atoms with Crippen LogP contribution in [0.15, 0.2) is 24.3 Å². The van der Waals surface area contributed by atoms with Crippen molar-refractivity contribution in [1.29, 1.82) is 0 Å². The first-order valence-electron chi connectivity index (χ1n) is 3.83. The van der Waals surface area contributed by atoms with Gasteiger partial charge in [0.2, 0.25) is 0 Å². The molecule has 1 rings (SSSR count). The van der Waals surface area contributed by atoms with Crippen LogP contribution < -0.4 is 5.32 Å². The van der Waals surface area contributed by atoms with Crippen LogP contribution in [-0.4, -0.2) is 17.6 Å². The van der Waals surface area contributed by atoms with Crippen LogP contribution in [0.4, 0.5) is 10.1 Å². The van der Waals surface area contributed by atoms with Crippen molar-refractivity contribution in [3.05, 3.63) is 29.8 Å². The quantitative estimate of drug-likeness (QED) is 0.746. The molecule has 0 fully saturated rings. The normalized spacial score (nSPS) is 9.62. The van der Waals surface area contributed by atoms with Crippen molar-refractivity contribution in [3.63, 3.8) is 0 Å². The molecule has 0 aromatic heterocycles. The summed E-state index contributed by atoms with van der Waals surface area (Å²) >= 11 is 0. The standard InChI is InChI=1S/C9H10FNO2/c10-5-7-1-3-8(4-2-7)11-6-9(12)13/h1-4,11H,5-6H2,(H,12,13). The average Bonchev–Trinajstić information content (AvgIpc) is 2.15. The smallest absolute Gasteiger partial charge is 0.322 e. The first-order chi connectivity index (χ1) is 6.22. The Hall–Kier alpha value is -1.58. The van der Waals surface area contributed by atoms with E-state index in [0.29, 0.717) is 11.3 Å². The van der Waals surface area contributed by atoms with Gasteiger partial charge >= 0.3 is 5.97 Å². The van der Waals surface area contributed by atoms with E-state index in [4.69, 9.17) is 5.11 Å². The summed E-state index contributed by atoms with van der Waals surface area (Å²) in [4.78, 5) is 10.2. The van der Waals surface area contributed by atoms with Crippen molar-refractivity contribution in [1.82, 2.24) is 0 Å². The summed E-state index contributed by atoms with van der Waals surface area (Å²) < 4.78 is 12.1. The zero-order valence-corrected chi connectivity index (χ0v) is 6.96. The van der Waals surface area contributed by atoms with Crippen LogP contribution in [0.25, 0.3) is 0 Å². The molecule has 0 atom stereocenters. The van der Waals surface area contributed by atoms with Crippen LogP contribution in [0.5, 0.6) is 0 Å². The number of carbonyl (C=O) groups is 1. The molecule has 0 radical (unpaired) electrons. The molecule has 1 aromatic rings. The Kier molecular flexibility index (Phi) is 3.25. The van der Waals surface area contributed by atoms with E-state index in [1.807, 2.05) is 0 Å². The highest BCUT2D eigenvalue weighted by molar-refractivity contribution is 5.72. The fourth-order valence-corrected chi connectivity index (χ4v) is 0.889. The van der Waals surface area contributed by atoms with Crippen molar-refractivity contribution >= 4 is 11.7 Å². The Morgan fingerprint density at radius 3 is 2.46 bits per heavy atom. The van der Waals surface area contributed by atoms with Crippen molar-refractivity contribution in [2.24, 2.45) is 0 Å². The van der Waals surface area contributed by atoms with E-state index < -0.39 is 12.6 Å². The number of alkyl halides is 1. The van der Waals surface area contributed by atoms with Gasteiger partial charge in [-0.2, -0.15) is 0 Å². The number of benzene rings is 1. The Morgan fingerprint density at radius 1 is 1.38 bits per heavy atom. The summed E-state index contributed by atoms with van der Waals surface area (Å²) in [7, 11) is 0. The molecule has 0 saturated carbocycles. The molecule has 13 heavy (non-hydrogen) atoms. The maximum Gasteiger partial charge on any atom is 0.322 e. The second kappa shape index (κ2) is 4.45. The van der Waals surface area contributed by atoms with Gasteiger partial charge in [0.15, 0.2) is 0 Å². The number of anilines is 1. The monoisotopic (exact) mass is 183 g/mol. The Labute approximate surface area is 75.2 Å². The molecule has 70 valence electrons. The highest BCUT2D eigenvalue weighted by atomic mass is 19.1. The lowest BCUT2D eigenvalue weighted by molar-refractivity contribution is -0.134. The van der Waals surface area contributed by atoms with Gasteiger partial charge in [0.05, 0.1) is 0 Å². The second-order valence-corrected chi connectivity index (χ2v) is 2.58. The summed E-state index contributed by atoms with van der Waals surface area (Å²) in [5.74, 6) is -0.922. The van der Waals surface area contributed by atoms with E-state index in [1.165, 1.54) is 0 Å². The summed E-state index contributed by atoms with van der Waals surface area (Å²) in [6, 6.07) is 6.53. The number of nitrogens with one attached hydrogen (secondary N) is 1. The number of hydrogen-bond acceptors (Lipinski definition) is 2. The van der Waals surface area contributed by atoms with Gasteiger partial charge in [-0.3, -0.25) is 4.79 Å². The number of aliphatic carboxylic acids is 1. The highest BCUT2D eigenvalue weighted by Crippen LogP contribution is 2.09. The molecule has 0 unspecified atom stereocenters. The summed E-state index contributed by atoms with van der Waals surface area (Å²) in [6.45, 7) is -0.631. The molecule has 1 aromatic carbocycles. The zero-order chi connectivity index (χ0) is 9.68. The molecule has 0 spiro atoms. The number of halogens is 1. The van der Waals surface area contributed by atoms with Gasteiger partial charge in [-0.05, 0) is 17.7 Å². The van der Waals surface area contributed by atoms with E-state index in [-0.39, 0.29) is 6.54 Å². The molecule has 4 heteroatoms. The summed E-state index contributed by atoms with van der Waals surface area (Å²) in [6.07, 6.45) is 0. The van der Waals surface area contributed by atoms with Crippen LogP contribution >= 0.6 is 0 Å². The van der Waals surface area contributed by atoms with E-state index in [9.17, 15) is 9.18 Å². The van der Waals surface area contributed by atoms with Crippen molar-refractivity contribution < 1.29 is 14.3 Å². The maximum atomic E-state index is 12.1. The van der Waals surface area contributed by atoms with Gasteiger partial charge in [-0.15, -0.1) is 0 Å². The van der Waals surface area contributed by atoms with Crippen LogP contribution in [-0.2, 0) is 11.5 Å². The first kappa shape index (κ1) is 9.51. The number of carboxylic acid groups (broad SMARTS) is 1. The minimum absolute atomic E-state index is 0.130. The molecule has 0 heterocycles. The van der Waals surface area contributed by atoms with Crippen molar-refractivity contribution in [2.75, 3.05) is 11.9 Å². The Morgan fingerprint density at radius 2 is 2.00 bits per heavy atom. The molecular weight excluding hydrogens is 173 g/mol. The van der Waals surface area contributed by atoms with E-state index >= 15 is 0 Å². The van der Waals surface area contributed by atoms with Gasteiger partial charge in [0.1, 0.15) is 13.2 Å². The number of hydrogen-bond donors (Lipinski definition) is 2. The first-order valence-corrected chi connectivity index (χ1v) is 3.83. The van der Waals surface area contributed by atoms with E-state index in [2.05, 4.69) is 5.32 Å². The van der Waals surface area contributed by atoms with Gasteiger partial charge in [-0.1, -0.05) is 12.1 Å². The van der Waals surface area contributed by atoms with Gasteiger partial charge in [0.25, 0.3) is 0 Å². The average molecular weight is 183 g/mol. The number of carboxylic acids is 1. The van der Waals surface area contributed by atoms with Crippen LogP contribution in [0.2, 0.25) is 0 Å². The SMILES string of the molecule is O=C(O)CNc1ccc(CF)cc1. The topological polar surface area (TPSA) is 49.3 Å². The third-order valence-electron chi connectivity index (χ3n) is 1.55. The molecule has 0 amide bonds. The van der Waals surface area contributed by atoms with Gasteiger partial charge < -0.3 is 10.4 Å². The number of rotatable bonds is 4. The Balaban J connectivity index is 2.54. The molecule has 0 aliphatic carbocycles. The molecule has 0 aliphatic heterocycles. The lowest BCUT2D eigenvalue weighted by Crippen LogP contribution is -2.12. The second-order valence-electron chi connectivity index (χ2n) is 2.58. The Bertz CT molecular complexity index is 284. The highest BCUT2D eigenvalue weighted by Gasteiger charge is 1.96. The molecule has 0 bridgehead atoms. The van der Waals surface area contributed by atoms with Crippen molar-refractivity contribution in [3.8, 4) is 0 Å². The predicted molar refractivity (Wildman–Crippen MR) is 47.4 cm³/mol. The lowest BCUT2D eigenvalue weighted by atomic mass is 10.2. The minimum Gasteiger partial charge on any atom is -0.480 e. The third kappa shape index (κ3) is 3.11. The molecule has 3 nitrogen and oxygen atoms in total. The summed E-state index contributed by atoms with van der Waals surface area (Å²) in [5, 5.41) is 11.0. The molecular formula is C9H10FNO2. The lowest BCUT2D eigenvalue weighted by Gasteiger charge is -2.02. The van der Waals surface area contributed by atoms with Crippen molar-refractivity contribution in [2.45, 2.75) is 6.67 Å². The van der Waals surface area contributed by atoms with Gasteiger partial charge in [-0.25, -0.2) is 4.39 Å².